The van der Waals surface area contributed by atoms with E-state index in [-0.39, 0.29) is 6.10 Å². The lowest BCUT2D eigenvalue weighted by Crippen LogP contribution is -2.51. The fraction of sp³-hybridized carbons (Fsp3) is 1.00. The van der Waals surface area contributed by atoms with E-state index in [0.29, 0.717) is 11.5 Å². The molecule has 1 saturated heterocycles. The van der Waals surface area contributed by atoms with Gasteiger partial charge in [-0.2, -0.15) is 0 Å². The monoisotopic (exact) mass is 414 g/mol. The van der Waals surface area contributed by atoms with E-state index in [1.54, 1.807) is 12.8 Å². The predicted octanol–water partition coefficient (Wildman–Crippen LogP) is 6.60. The van der Waals surface area contributed by atoms with Gasteiger partial charge in [-0.05, 0) is 136 Å². The van der Waals surface area contributed by atoms with Crippen molar-refractivity contribution in [1.29, 1.82) is 0 Å². The number of hydrogen-bond donors (Lipinski definition) is 1. The van der Waals surface area contributed by atoms with E-state index < -0.39 is 5.60 Å². The second-order valence-corrected chi connectivity index (χ2v) is 13.8. The van der Waals surface area contributed by atoms with Gasteiger partial charge in [0.05, 0.1) is 17.8 Å². The summed E-state index contributed by atoms with van der Waals surface area (Å²) in [5, 5.41) is 10.5. The molecule has 2 nitrogen and oxygen atoms in total. The first-order valence-corrected chi connectivity index (χ1v) is 13.5. The summed E-state index contributed by atoms with van der Waals surface area (Å²) in [4.78, 5) is 0. The van der Waals surface area contributed by atoms with E-state index in [1.165, 1.54) is 51.4 Å². The lowest BCUT2D eigenvalue weighted by atomic mass is 9.47. The summed E-state index contributed by atoms with van der Waals surface area (Å²) in [6.07, 6.45) is 16.1. The fourth-order valence-electron chi connectivity index (χ4n) is 11.0. The SMILES string of the molecule is C[C@@H]1C2CCC3C4(CCC5C(C6CCC(C(C)(C)O)O6)CC[C@]53C)CC24CC[C@@H]1C. The summed E-state index contributed by atoms with van der Waals surface area (Å²) >= 11 is 0. The van der Waals surface area contributed by atoms with Crippen molar-refractivity contribution in [2.24, 2.45) is 51.8 Å². The van der Waals surface area contributed by atoms with Gasteiger partial charge in [-0.3, -0.25) is 0 Å². The molecule has 30 heavy (non-hydrogen) atoms. The standard InChI is InChI=1S/C28H46O2/c1-17-10-14-27-16-28(27)15-12-21-19(22-7-9-24(30-22)25(3,4)29)11-13-26(21,5)23(28)8-6-20(27)18(17)2/h17-24,29H,6-16H2,1-5H3/t17-,18-,19?,20?,21?,22?,23?,24?,26+,27?,28?/m0/s1. The Morgan fingerprint density at radius 1 is 0.833 bits per heavy atom. The number of aliphatic hydroxyl groups is 1. The Hall–Kier alpha value is -0.0800. The van der Waals surface area contributed by atoms with E-state index in [1.807, 2.05) is 13.8 Å². The van der Waals surface area contributed by atoms with Gasteiger partial charge in [0.2, 0.25) is 0 Å². The van der Waals surface area contributed by atoms with Crippen LogP contribution in [0.5, 0.6) is 0 Å². The molecule has 5 aliphatic carbocycles. The van der Waals surface area contributed by atoms with Gasteiger partial charge in [0.25, 0.3) is 0 Å². The van der Waals surface area contributed by atoms with Crippen molar-refractivity contribution in [1.82, 2.24) is 0 Å². The normalized spacial score (nSPS) is 59.8. The van der Waals surface area contributed by atoms with Crippen molar-refractivity contribution in [3.8, 4) is 0 Å². The second-order valence-electron chi connectivity index (χ2n) is 13.8. The molecule has 2 heteroatoms. The zero-order valence-corrected chi connectivity index (χ0v) is 20.3. The molecule has 0 bridgehead atoms. The lowest BCUT2D eigenvalue weighted by Gasteiger charge is -2.58. The smallest absolute Gasteiger partial charge is 0.0861 e. The van der Waals surface area contributed by atoms with Crippen molar-refractivity contribution >= 4 is 0 Å². The Morgan fingerprint density at radius 2 is 1.60 bits per heavy atom. The summed E-state index contributed by atoms with van der Waals surface area (Å²) in [5.41, 5.74) is 1.32. The van der Waals surface area contributed by atoms with Crippen LogP contribution in [0.3, 0.4) is 0 Å². The van der Waals surface area contributed by atoms with Crippen LogP contribution in [0.1, 0.15) is 105 Å². The zero-order valence-electron chi connectivity index (χ0n) is 20.3. The molecular weight excluding hydrogens is 368 g/mol. The van der Waals surface area contributed by atoms with Gasteiger partial charge in [0.15, 0.2) is 0 Å². The molecule has 2 spiro atoms. The molecule has 11 atom stereocenters. The topological polar surface area (TPSA) is 29.5 Å². The average molecular weight is 415 g/mol. The van der Waals surface area contributed by atoms with Crippen LogP contribution >= 0.6 is 0 Å². The van der Waals surface area contributed by atoms with E-state index in [2.05, 4.69) is 20.8 Å². The summed E-state index contributed by atoms with van der Waals surface area (Å²) in [6.45, 7) is 11.7. The molecule has 1 N–H and O–H groups in total. The van der Waals surface area contributed by atoms with Crippen LogP contribution in [0, 0.1) is 51.8 Å². The van der Waals surface area contributed by atoms with Crippen LogP contribution in [-0.4, -0.2) is 22.9 Å². The quantitative estimate of drug-likeness (QED) is 0.551. The molecule has 8 unspecified atom stereocenters. The van der Waals surface area contributed by atoms with E-state index >= 15 is 0 Å². The molecule has 6 rings (SSSR count). The van der Waals surface area contributed by atoms with Crippen molar-refractivity contribution in [2.75, 3.05) is 0 Å². The molecule has 0 radical (unpaired) electrons. The molecule has 170 valence electrons. The van der Waals surface area contributed by atoms with Crippen molar-refractivity contribution in [3.05, 3.63) is 0 Å². The minimum Gasteiger partial charge on any atom is -0.388 e. The van der Waals surface area contributed by atoms with E-state index in [4.69, 9.17) is 4.74 Å². The van der Waals surface area contributed by atoms with Crippen LogP contribution < -0.4 is 0 Å². The van der Waals surface area contributed by atoms with Gasteiger partial charge in [0, 0.05) is 0 Å². The highest BCUT2D eigenvalue weighted by Crippen LogP contribution is 2.86. The molecule has 0 aromatic rings. The molecule has 0 aromatic heterocycles. The highest BCUT2D eigenvalue weighted by atomic mass is 16.5. The average Bonchev–Trinajstić information content (AvgIpc) is 2.98. The fourth-order valence-corrected chi connectivity index (χ4v) is 11.0. The van der Waals surface area contributed by atoms with Gasteiger partial charge in [0.1, 0.15) is 0 Å². The van der Waals surface area contributed by atoms with Crippen LogP contribution in [0.2, 0.25) is 0 Å². The molecule has 6 fully saturated rings. The number of fused-ring (bicyclic) bond motifs is 2. The molecular formula is C28H46O2. The first-order chi connectivity index (χ1) is 14.1. The third kappa shape index (κ3) is 2.45. The first-order valence-electron chi connectivity index (χ1n) is 13.5. The van der Waals surface area contributed by atoms with Gasteiger partial charge in [-0.25, -0.2) is 0 Å². The Bertz CT molecular complexity index is 710. The maximum Gasteiger partial charge on any atom is 0.0861 e. The number of hydrogen-bond acceptors (Lipinski definition) is 2. The third-order valence-corrected chi connectivity index (χ3v) is 12.6. The molecule has 1 heterocycles. The summed E-state index contributed by atoms with van der Waals surface area (Å²) in [6, 6.07) is 0. The molecule has 5 saturated carbocycles. The van der Waals surface area contributed by atoms with Crippen LogP contribution in [-0.2, 0) is 4.74 Å². The highest BCUT2D eigenvalue weighted by Gasteiger charge is 2.79. The Morgan fingerprint density at radius 3 is 2.33 bits per heavy atom. The Labute approximate surface area is 184 Å². The minimum atomic E-state index is -0.694. The van der Waals surface area contributed by atoms with E-state index in [9.17, 15) is 5.11 Å². The highest BCUT2D eigenvalue weighted by molar-refractivity contribution is 5.28. The summed E-state index contributed by atoms with van der Waals surface area (Å²) < 4.78 is 6.54. The van der Waals surface area contributed by atoms with Gasteiger partial charge < -0.3 is 9.84 Å². The predicted molar refractivity (Wildman–Crippen MR) is 121 cm³/mol. The Kier molecular flexibility index (Phi) is 4.30. The third-order valence-electron chi connectivity index (χ3n) is 12.6. The zero-order chi connectivity index (χ0) is 21.1. The molecule has 6 aliphatic rings. The van der Waals surface area contributed by atoms with Crippen molar-refractivity contribution < 1.29 is 9.84 Å². The maximum absolute atomic E-state index is 10.5. The van der Waals surface area contributed by atoms with Crippen molar-refractivity contribution in [2.45, 2.75) is 123 Å². The maximum atomic E-state index is 10.5. The summed E-state index contributed by atoms with van der Waals surface area (Å²) in [7, 11) is 0. The number of ether oxygens (including phenoxy) is 1. The minimum absolute atomic E-state index is 0.0390. The number of rotatable bonds is 2. The van der Waals surface area contributed by atoms with Crippen molar-refractivity contribution in [3.63, 3.8) is 0 Å². The lowest BCUT2D eigenvalue weighted by molar-refractivity contribution is -0.120. The largest absolute Gasteiger partial charge is 0.388 e. The van der Waals surface area contributed by atoms with Crippen LogP contribution in [0.15, 0.2) is 0 Å². The molecule has 1 aliphatic heterocycles. The molecule has 0 amide bonds. The van der Waals surface area contributed by atoms with Crippen LogP contribution in [0.4, 0.5) is 0 Å². The van der Waals surface area contributed by atoms with Gasteiger partial charge in [-0.1, -0.05) is 20.8 Å². The van der Waals surface area contributed by atoms with Gasteiger partial charge in [-0.15, -0.1) is 0 Å². The summed E-state index contributed by atoms with van der Waals surface area (Å²) in [5.74, 6) is 5.52. The molecule has 0 aromatic carbocycles. The Balaban J connectivity index is 1.24. The first kappa shape index (κ1) is 20.5. The second kappa shape index (κ2) is 6.28. The van der Waals surface area contributed by atoms with Gasteiger partial charge >= 0.3 is 0 Å². The van der Waals surface area contributed by atoms with Crippen LogP contribution in [0.25, 0.3) is 0 Å². The van der Waals surface area contributed by atoms with E-state index in [0.717, 1.165) is 52.8 Å².